The Bertz CT molecular complexity index is 664. The van der Waals surface area contributed by atoms with E-state index in [0.717, 1.165) is 16.9 Å². The molecule has 0 aliphatic rings. The summed E-state index contributed by atoms with van der Waals surface area (Å²) in [6.07, 6.45) is 1.74. The summed E-state index contributed by atoms with van der Waals surface area (Å²) in [4.78, 5) is 8.54. The maximum Gasteiger partial charge on any atom is 0.193 e. The van der Waals surface area contributed by atoms with Crippen molar-refractivity contribution in [3.8, 4) is 5.75 Å². The number of guanidine groups is 1. The lowest BCUT2D eigenvalue weighted by molar-refractivity contribution is 0.415. The highest BCUT2D eigenvalue weighted by Crippen LogP contribution is 2.27. The Morgan fingerprint density at radius 3 is 2.82 bits per heavy atom. The molecule has 7 heteroatoms. The van der Waals surface area contributed by atoms with Gasteiger partial charge in [-0.15, -0.1) is 24.0 Å². The lowest BCUT2D eigenvalue weighted by atomic mass is 10.2. The van der Waals surface area contributed by atoms with Gasteiger partial charge in [-0.1, -0.05) is 17.7 Å². The molecule has 5 nitrogen and oxygen atoms in total. The number of nitrogens with two attached hydrogens (primary N) is 1. The number of hydrogen-bond donors (Lipinski definition) is 2. The Morgan fingerprint density at radius 2 is 2.18 bits per heavy atom. The van der Waals surface area contributed by atoms with Gasteiger partial charge in [0.15, 0.2) is 5.96 Å². The van der Waals surface area contributed by atoms with E-state index in [4.69, 9.17) is 22.1 Å². The summed E-state index contributed by atoms with van der Waals surface area (Å²) in [5, 5.41) is 3.49. The van der Waals surface area contributed by atoms with Crippen LogP contribution in [0.2, 0.25) is 5.02 Å². The zero-order valence-corrected chi connectivity index (χ0v) is 15.4. The Balaban J connectivity index is 0.00000242. The molecule has 0 fully saturated rings. The molecule has 1 aromatic carbocycles. The van der Waals surface area contributed by atoms with Crippen molar-refractivity contribution in [2.75, 3.05) is 12.4 Å². The molecule has 1 aromatic heterocycles. The molecule has 0 aliphatic heterocycles. The van der Waals surface area contributed by atoms with Crippen LogP contribution in [-0.4, -0.2) is 18.1 Å². The van der Waals surface area contributed by atoms with Gasteiger partial charge in [0.05, 0.1) is 24.4 Å². The maximum absolute atomic E-state index is 6.05. The standard InChI is InChI=1S/C15H17ClN4O.HI/c1-10-4-3-7-18-13(10)9-19-15(17)20-11-5-6-14(21-2)12(16)8-11;/h3-8H,9H2,1-2H3,(H3,17,19,20);1H. The number of halogens is 2. The molecule has 0 saturated carbocycles. The summed E-state index contributed by atoms with van der Waals surface area (Å²) < 4.78 is 5.09. The molecular weight excluding hydrogens is 415 g/mol. The first-order valence-corrected chi connectivity index (χ1v) is 6.79. The summed E-state index contributed by atoms with van der Waals surface area (Å²) in [6.45, 7) is 2.42. The van der Waals surface area contributed by atoms with Crippen LogP contribution in [0.1, 0.15) is 11.3 Å². The van der Waals surface area contributed by atoms with E-state index in [9.17, 15) is 0 Å². The Hall–Kier alpha value is -1.54. The molecule has 0 bridgehead atoms. The van der Waals surface area contributed by atoms with E-state index >= 15 is 0 Å². The summed E-state index contributed by atoms with van der Waals surface area (Å²) in [5.74, 6) is 0.920. The maximum atomic E-state index is 6.05. The summed E-state index contributed by atoms with van der Waals surface area (Å²) >= 11 is 6.05. The number of benzene rings is 1. The van der Waals surface area contributed by atoms with Gasteiger partial charge in [0.1, 0.15) is 5.75 Å². The lowest BCUT2D eigenvalue weighted by Crippen LogP contribution is -2.22. The Morgan fingerprint density at radius 1 is 1.41 bits per heavy atom. The molecule has 118 valence electrons. The van der Waals surface area contributed by atoms with Crippen LogP contribution in [0.15, 0.2) is 41.5 Å². The van der Waals surface area contributed by atoms with Crippen molar-refractivity contribution in [1.82, 2.24) is 4.98 Å². The van der Waals surface area contributed by atoms with Crippen molar-refractivity contribution in [2.45, 2.75) is 13.5 Å². The minimum absolute atomic E-state index is 0. The summed E-state index contributed by atoms with van der Waals surface area (Å²) in [5.41, 5.74) is 8.59. The smallest absolute Gasteiger partial charge is 0.193 e. The highest BCUT2D eigenvalue weighted by Gasteiger charge is 2.03. The number of ether oxygens (including phenoxy) is 1. The van der Waals surface area contributed by atoms with Crippen molar-refractivity contribution in [3.05, 3.63) is 52.8 Å². The van der Waals surface area contributed by atoms with E-state index in [2.05, 4.69) is 15.3 Å². The van der Waals surface area contributed by atoms with Gasteiger partial charge in [-0.2, -0.15) is 0 Å². The first kappa shape index (κ1) is 18.5. The highest BCUT2D eigenvalue weighted by atomic mass is 127. The van der Waals surface area contributed by atoms with Gasteiger partial charge in [0, 0.05) is 11.9 Å². The molecule has 0 spiro atoms. The zero-order chi connectivity index (χ0) is 15.2. The molecular formula is C15H18ClIN4O. The van der Waals surface area contributed by atoms with E-state index in [1.807, 2.05) is 25.1 Å². The van der Waals surface area contributed by atoms with Gasteiger partial charge in [0.2, 0.25) is 0 Å². The number of nitrogens with zero attached hydrogens (tertiary/aromatic N) is 2. The number of pyridine rings is 1. The van der Waals surface area contributed by atoms with Crippen molar-refractivity contribution >= 4 is 47.2 Å². The lowest BCUT2D eigenvalue weighted by Gasteiger charge is -2.08. The molecule has 1 heterocycles. The minimum Gasteiger partial charge on any atom is -0.495 e. The van der Waals surface area contributed by atoms with Gasteiger partial charge in [-0.25, -0.2) is 4.99 Å². The van der Waals surface area contributed by atoms with E-state index in [0.29, 0.717) is 23.3 Å². The molecule has 0 amide bonds. The van der Waals surface area contributed by atoms with Gasteiger partial charge in [-0.05, 0) is 36.8 Å². The van der Waals surface area contributed by atoms with E-state index in [1.165, 1.54) is 0 Å². The third-order valence-corrected chi connectivity index (χ3v) is 3.24. The third kappa shape index (κ3) is 5.03. The number of hydrogen-bond acceptors (Lipinski definition) is 3. The number of aliphatic imine (C=N–C) groups is 1. The van der Waals surface area contributed by atoms with Crippen LogP contribution >= 0.6 is 35.6 Å². The molecule has 22 heavy (non-hydrogen) atoms. The molecule has 0 aliphatic carbocycles. The van der Waals surface area contributed by atoms with Crippen LogP contribution in [0, 0.1) is 6.92 Å². The van der Waals surface area contributed by atoms with Crippen LogP contribution in [0.4, 0.5) is 5.69 Å². The van der Waals surface area contributed by atoms with Crippen molar-refractivity contribution in [2.24, 2.45) is 10.7 Å². The topological polar surface area (TPSA) is 72.5 Å². The second kappa shape index (κ2) is 8.79. The number of nitrogens with one attached hydrogen (secondary N) is 1. The predicted octanol–water partition coefficient (Wildman–Crippen LogP) is 3.60. The predicted molar refractivity (Wildman–Crippen MR) is 101 cm³/mol. The van der Waals surface area contributed by atoms with Crippen LogP contribution in [0.3, 0.4) is 0 Å². The SMILES string of the molecule is COc1ccc(NC(N)=NCc2ncccc2C)cc1Cl.I. The van der Waals surface area contributed by atoms with Gasteiger partial charge in [0.25, 0.3) is 0 Å². The number of aryl methyl sites for hydroxylation is 1. The minimum atomic E-state index is 0. The van der Waals surface area contributed by atoms with Crippen LogP contribution in [0.25, 0.3) is 0 Å². The molecule has 0 radical (unpaired) electrons. The number of anilines is 1. The fourth-order valence-electron chi connectivity index (χ4n) is 1.78. The molecule has 2 aromatic rings. The van der Waals surface area contributed by atoms with Crippen LogP contribution < -0.4 is 15.8 Å². The third-order valence-electron chi connectivity index (χ3n) is 2.94. The monoisotopic (exact) mass is 432 g/mol. The van der Waals surface area contributed by atoms with Crippen molar-refractivity contribution < 1.29 is 4.74 Å². The number of rotatable bonds is 4. The normalized spacial score (nSPS) is 10.8. The molecule has 3 N–H and O–H groups in total. The molecule has 0 unspecified atom stereocenters. The van der Waals surface area contributed by atoms with Crippen molar-refractivity contribution in [3.63, 3.8) is 0 Å². The van der Waals surface area contributed by atoms with Gasteiger partial charge < -0.3 is 15.8 Å². The fourth-order valence-corrected chi connectivity index (χ4v) is 2.03. The van der Waals surface area contributed by atoms with Crippen LogP contribution in [0.5, 0.6) is 5.75 Å². The largest absolute Gasteiger partial charge is 0.495 e. The number of methoxy groups -OCH3 is 1. The zero-order valence-electron chi connectivity index (χ0n) is 12.3. The average Bonchev–Trinajstić information content (AvgIpc) is 2.46. The molecule has 0 saturated heterocycles. The van der Waals surface area contributed by atoms with E-state index in [-0.39, 0.29) is 24.0 Å². The second-order valence-electron chi connectivity index (χ2n) is 4.44. The molecule has 2 rings (SSSR count). The van der Waals surface area contributed by atoms with Crippen molar-refractivity contribution in [1.29, 1.82) is 0 Å². The second-order valence-corrected chi connectivity index (χ2v) is 4.85. The molecule has 0 atom stereocenters. The Labute approximate surface area is 152 Å². The summed E-state index contributed by atoms with van der Waals surface area (Å²) in [7, 11) is 1.57. The fraction of sp³-hybridized carbons (Fsp3) is 0.200. The Kier molecular flexibility index (Phi) is 7.40. The quantitative estimate of drug-likeness (QED) is 0.440. The van der Waals surface area contributed by atoms with Gasteiger partial charge >= 0.3 is 0 Å². The highest BCUT2D eigenvalue weighted by molar-refractivity contribution is 14.0. The first-order chi connectivity index (χ1) is 10.1. The van der Waals surface area contributed by atoms with E-state index < -0.39 is 0 Å². The number of aromatic nitrogens is 1. The van der Waals surface area contributed by atoms with Crippen LogP contribution in [-0.2, 0) is 6.54 Å². The van der Waals surface area contributed by atoms with Gasteiger partial charge in [-0.3, -0.25) is 4.98 Å². The van der Waals surface area contributed by atoms with E-state index in [1.54, 1.807) is 25.4 Å². The summed E-state index contributed by atoms with van der Waals surface area (Å²) in [6, 6.07) is 9.20. The average molecular weight is 433 g/mol. The first-order valence-electron chi connectivity index (χ1n) is 6.41.